The standard InChI is InChI=1S/C14H17N3O2/c1-10-8-13(17-19-10)15-9-14(18)16-11(2)12-6-4-3-5-7-12/h3-8,11H,9H2,1-2H3,(H,15,17)(H,16,18). The molecule has 5 heteroatoms. The fraction of sp³-hybridized carbons (Fsp3) is 0.286. The van der Waals surface area contributed by atoms with Crippen LogP contribution in [0.2, 0.25) is 0 Å². The molecule has 1 aromatic carbocycles. The Labute approximate surface area is 112 Å². The first-order valence-electron chi connectivity index (χ1n) is 6.16. The van der Waals surface area contributed by atoms with Gasteiger partial charge in [0.05, 0.1) is 12.6 Å². The number of amides is 1. The number of hydrogen-bond acceptors (Lipinski definition) is 4. The molecule has 100 valence electrons. The summed E-state index contributed by atoms with van der Waals surface area (Å²) in [7, 11) is 0. The molecule has 0 saturated heterocycles. The Bertz CT molecular complexity index is 537. The summed E-state index contributed by atoms with van der Waals surface area (Å²) in [6, 6.07) is 11.6. The largest absolute Gasteiger partial charge is 0.360 e. The van der Waals surface area contributed by atoms with Crippen LogP contribution in [-0.2, 0) is 4.79 Å². The van der Waals surface area contributed by atoms with Gasteiger partial charge in [-0.25, -0.2) is 0 Å². The lowest BCUT2D eigenvalue weighted by Crippen LogP contribution is -2.32. The maximum atomic E-state index is 11.8. The Kier molecular flexibility index (Phi) is 4.18. The van der Waals surface area contributed by atoms with Crippen LogP contribution in [-0.4, -0.2) is 17.6 Å². The average molecular weight is 259 g/mol. The molecule has 19 heavy (non-hydrogen) atoms. The fourth-order valence-corrected chi connectivity index (χ4v) is 1.74. The molecular weight excluding hydrogens is 242 g/mol. The van der Waals surface area contributed by atoms with Gasteiger partial charge in [0.25, 0.3) is 0 Å². The molecular formula is C14H17N3O2. The number of aryl methyl sites for hydroxylation is 1. The van der Waals surface area contributed by atoms with Crippen molar-refractivity contribution in [2.75, 3.05) is 11.9 Å². The number of carbonyl (C=O) groups is 1. The lowest BCUT2D eigenvalue weighted by molar-refractivity contribution is -0.120. The minimum absolute atomic E-state index is 0.0189. The van der Waals surface area contributed by atoms with E-state index in [1.54, 1.807) is 13.0 Å². The van der Waals surface area contributed by atoms with Gasteiger partial charge in [0.1, 0.15) is 5.76 Å². The van der Waals surface area contributed by atoms with Crippen molar-refractivity contribution in [1.82, 2.24) is 10.5 Å². The minimum atomic E-state index is -0.0861. The third-order valence-electron chi connectivity index (χ3n) is 2.74. The van der Waals surface area contributed by atoms with Gasteiger partial charge in [-0.3, -0.25) is 4.79 Å². The van der Waals surface area contributed by atoms with Crippen LogP contribution in [0.5, 0.6) is 0 Å². The second kappa shape index (κ2) is 6.04. The molecule has 1 aromatic heterocycles. The van der Waals surface area contributed by atoms with Gasteiger partial charge in [-0.2, -0.15) is 0 Å². The fourth-order valence-electron chi connectivity index (χ4n) is 1.74. The smallest absolute Gasteiger partial charge is 0.239 e. The quantitative estimate of drug-likeness (QED) is 0.864. The van der Waals surface area contributed by atoms with Gasteiger partial charge in [0, 0.05) is 6.07 Å². The van der Waals surface area contributed by atoms with Crippen molar-refractivity contribution >= 4 is 11.7 Å². The second-order valence-electron chi connectivity index (χ2n) is 4.38. The van der Waals surface area contributed by atoms with Gasteiger partial charge >= 0.3 is 0 Å². The molecule has 2 rings (SSSR count). The first-order valence-corrected chi connectivity index (χ1v) is 6.16. The number of nitrogens with one attached hydrogen (secondary N) is 2. The van der Waals surface area contributed by atoms with Crippen LogP contribution < -0.4 is 10.6 Å². The predicted molar refractivity (Wildman–Crippen MR) is 72.7 cm³/mol. The molecule has 0 bridgehead atoms. The average Bonchev–Trinajstić information content (AvgIpc) is 2.83. The zero-order chi connectivity index (χ0) is 13.7. The van der Waals surface area contributed by atoms with Gasteiger partial charge in [-0.1, -0.05) is 35.5 Å². The van der Waals surface area contributed by atoms with Crippen LogP contribution in [0, 0.1) is 6.92 Å². The molecule has 0 radical (unpaired) electrons. The topological polar surface area (TPSA) is 67.2 Å². The Morgan fingerprint density at radius 2 is 2.11 bits per heavy atom. The van der Waals surface area contributed by atoms with Crippen molar-refractivity contribution in [3.63, 3.8) is 0 Å². The number of carbonyl (C=O) groups excluding carboxylic acids is 1. The van der Waals surface area contributed by atoms with Gasteiger partial charge in [0.15, 0.2) is 5.82 Å². The van der Waals surface area contributed by atoms with Crippen LogP contribution in [0.1, 0.15) is 24.3 Å². The zero-order valence-corrected chi connectivity index (χ0v) is 11.0. The van der Waals surface area contributed by atoms with Crippen molar-refractivity contribution in [2.45, 2.75) is 19.9 Å². The number of hydrogen-bond donors (Lipinski definition) is 2. The molecule has 0 aliphatic carbocycles. The van der Waals surface area contributed by atoms with E-state index in [4.69, 9.17) is 4.52 Å². The molecule has 0 fully saturated rings. The van der Waals surface area contributed by atoms with Crippen LogP contribution in [0.3, 0.4) is 0 Å². The van der Waals surface area contributed by atoms with Crippen molar-refractivity contribution in [2.24, 2.45) is 0 Å². The highest BCUT2D eigenvalue weighted by Gasteiger charge is 2.09. The highest BCUT2D eigenvalue weighted by atomic mass is 16.5. The summed E-state index contributed by atoms with van der Waals surface area (Å²) in [5, 5.41) is 9.58. The SMILES string of the molecule is Cc1cc(NCC(=O)NC(C)c2ccccc2)no1. The third kappa shape index (κ3) is 3.84. The Hall–Kier alpha value is -2.30. The maximum Gasteiger partial charge on any atom is 0.239 e. The summed E-state index contributed by atoms with van der Waals surface area (Å²) >= 11 is 0. The molecule has 1 amide bonds. The Morgan fingerprint density at radius 3 is 2.74 bits per heavy atom. The van der Waals surface area contributed by atoms with E-state index in [1.807, 2.05) is 37.3 Å². The summed E-state index contributed by atoms with van der Waals surface area (Å²) in [4.78, 5) is 11.8. The van der Waals surface area contributed by atoms with Gasteiger partial charge in [-0.15, -0.1) is 0 Å². The maximum absolute atomic E-state index is 11.8. The van der Waals surface area contributed by atoms with Gasteiger partial charge in [-0.05, 0) is 19.4 Å². The second-order valence-corrected chi connectivity index (χ2v) is 4.38. The van der Waals surface area contributed by atoms with Crippen molar-refractivity contribution in [3.8, 4) is 0 Å². The number of nitrogens with zero attached hydrogens (tertiary/aromatic N) is 1. The van der Waals surface area contributed by atoms with Gasteiger partial charge in [0.2, 0.25) is 5.91 Å². The number of aromatic nitrogens is 1. The van der Waals surface area contributed by atoms with Crippen molar-refractivity contribution in [1.29, 1.82) is 0 Å². The minimum Gasteiger partial charge on any atom is -0.360 e. The molecule has 2 N–H and O–H groups in total. The highest BCUT2D eigenvalue weighted by molar-refractivity contribution is 5.80. The molecule has 0 aliphatic heterocycles. The van der Waals surface area contributed by atoms with E-state index in [2.05, 4.69) is 15.8 Å². The highest BCUT2D eigenvalue weighted by Crippen LogP contribution is 2.11. The van der Waals surface area contributed by atoms with Crippen LogP contribution >= 0.6 is 0 Å². The molecule has 0 spiro atoms. The summed E-state index contributed by atoms with van der Waals surface area (Å²) in [6.45, 7) is 3.92. The van der Waals surface area contributed by atoms with Crippen LogP contribution in [0.15, 0.2) is 40.9 Å². The number of rotatable bonds is 5. The summed E-state index contributed by atoms with van der Waals surface area (Å²) in [5.74, 6) is 1.19. The van der Waals surface area contributed by atoms with E-state index in [-0.39, 0.29) is 18.5 Å². The summed E-state index contributed by atoms with van der Waals surface area (Å²) in [6.07, 6.45) is 0. The molecule has 2 aromatic rings. The lowest BCUT2D eigenvalue weighted by atomic mass is 10.1. The Morgan fingerprint density at radius 1 is 1.37 bits per heavy atom. The monoisotopic (exact) mass is 259 g/mol. The summed E-state index contributed by atoms with van der Waals surface area (Å²) in [5.41, 5.74) is 1.08. The third-order valence-corrected chi connectivity index (χ3v) is 2.74. The zero-order valence-electron chi connectivity index (χ0n) is 11.0. The first kappa shape index (κ1) is 13.1. The molecule has 1 heterocycles. The molecule has 5 nitrogen and oxygen atoms in total. The normalized spacial score (nSPS) is 11.9. The van der Waals surface area contributed by atoms with Crippen molar-refractivity contribution < 1.29 is 9.32 Å². The van der Waals surface area contributed by atoms with E-state index in [1.165, 1.54) is 0 Å². The van der Waals surface area contributed by atoms with Crippen LogP contribution in [0.4, 0.5) is 5.82 Å². The number of benzene rings is 1. The number of anilines is 1. The molecule has 0 aliphatic rings. The summed E-state index contributed by atoms with van der Waals surface area (Å²) < 4.78 is 4.90. The molecule has 1 unspecified atom stereocenters. The molecule has 0 saturated carbocycles. The van der Waals surface area contributed by atoms with E-state index < -0.39 is 0 Å². The van der Waals surface area contributed by atoms with Crippen molar-refractivity contribution in [3.05, 3.63) is 47.7 Å². The van der Waals surface area contributed by atoms with Crippen LogP contribution in [0.25, 0.3) is 0 Å². The van der Waals surface area contributed by atoms with Gasteiger partial charge < -0.3 is 15.2 Å². The Balaban J connectivity index is 1.81. The molecule has 1 atom stereocenters. The lowest BCUT2D eigenvalue weighted by Gasteiger charge is -2.14. The van der Waals surface area contributed by atoms with E-state index >= 15 is 0 Å². The predicted octanol–water partition coefficient (Wildman–Crippen LogP) is 2.27. The van der Waals surface area contributed by atoms with E-state index in [0.29, 0.717) is 11.6 Å². The van der Waals surface area contributed by atoms with E-state index in [0.717, 1.165) is 5.56 Å². The first-order chi connectivity index (χ1) is 9.15. The van der Waals surface area contributed by atoms with E-state index in [9.17, 15) is 4.79 Å².